The maximum atomic E-state index is 10.4. The van der Waals surface area contributed by atoms with Gasteiger partial charge in [0.25, 0.3) is 0 Å². The highest BCUT2D eigenvalue weighted by Crippen LogP contribution is 2.00. The molecule has 0 saturated carbocycles. The molecule has 2 unspecified atom stereocenters. The number of ether oxygens (including phenoxy) is 1. The molecule has 0 aliphatic heterocycles. The second-order valence-corrected chi connectivity index (χ2v) is 3.26. The summed E-state index contributed by atoms with van der Waals surface area (Å²) in [5, 5.41) is 20.6. The molecular formula is C8H17NO4. The van der Waals surface area contributed by atoms with Gasteiger partial charge in [-0.15, -0.1) is 0 Å². The van der Waals surface area contributed by atoms with Crippen LogP contribution in [0.3, 0.4) is 0 Å². The molecule has 78 valence electrons. The minimum Gasteiger partial charge on any atom is -0.479 e. The van der Waals surface area contributed by atoms with Crippen LogP contribution >= 0.6 is 0 Å². The number of aliphatic hydroxyl groups is 1. The molecule has 0 aromatic heterocycles. The van der Waals surface area contributed by atoms with Gasteiger partial charge in [0.2, 0.25) is 0 Å². The highest BCUT2D eigenvalue weighted by Gasteiger charge is 2.29. The van der Waals surface area contributed by atoms with E-state index in [1.165, 1.54) is 6.92 Å². The predicted molar refractivity (Wildman–Crippen MR) is 47.6 cm³/mol. The van der Waals surface area contributed by atoms with Crippen molar-refractivity contribution in [2.45, 2.75) is 25.6 Å². The van der Waals surface area contributed by atoms with Crippen LogP contribution in [0.15, 0.2) is 0 Å². The summed E-state index contributed by atoms with van der Waals surface area (Å²) in [7, 11) is 1.57. The van der Waals surface area contributed by atoms with E-state index in [1.54, 1.807) is 7.11 Å². The van der Waals surface area contributed by atoms with Crippen molar-refractivity contribution in [3.05, 3.63) is 0 Å². The van der Waals surface area contributed by atoms with Crippen LogP contribution in [0.1, 0.15) is 13.8 Å². The third-order valence-corrected chi connectivity index (χ3v) is 1.76. The minimum absolute atomic E-state index is 0.00425. The molecule has 0 fully saturated rings. The Morgan fingerprint density at radius 1 is 1.69 bits per heavy atom. The average Bonchev–Trinajstić information content (AvgIpc) is 2.03. The Balaban J connectivity index is 3.70. The largest absolute Gasteiger partial charge is 0.479 e. The van der Waals surface area contributed by atoms with Crippen LogP contribution in [0.4, 0.5) is 0 Å². The number of aliphatic carboxylic acids is 1. The molecule has 0 heterocycles. The van der Waals surface area contributed by atoms with Crippen molar-refractivity contribution in [2.75, 3.05) is 20.2 Å². The summed E-state index contributed by atoms with van der Waals surface area (Å²) in [5.41, 5.74) is -1.71. The molecule has 0 rings (SSSR count). The molecule has 2 atom stereocenters. The predicted octanol–water partition coefficient (Wildman–Crippen LogP) is -0.553. The molecule has 0 saturated heterocycles. The molecule has 0 aliphatic rings. The first-order chi connectivity index (χ1) is 5.90. The summed E-state index contributed by atoms with van der Waals surface area (Å²) in [6.07, 6.45) is 0.00425. The zero-order valence-corrected chi connectivity index (χ0v) is 8.20. The Morgan fingerprint density at radius 3 is 2.62 bits per heavy atom. The summed E-state index contributed by atoms with van der Waals surface area (Å²) < 4.78 is 4.93. The molecule has 3 N–H and O–H groups in total. The molecule has 0 spiro atoms. The number of carboxylic acids is 1. The number of carboxylic acid groups (broad SMARTS) is 1. The first-order valence-corrected chi connectivity index (χ1v) is 4.09. The molecule has 0 amide bonds. The Morgan fingerprint density at radius 2 is 2.23 bits per heavy atom. The summed E-state index contributed by atoms with van der Waals surface area (Å²) >= 11 is 0. The molecule has 5 heteroatoms. The monoisotopic (exact) mass is 191 g/mol. The van der Waals surface area contributed by atoms with Crippen molar-refractivity contribution in [3.63, 3.8) is 0 Å². The average molecular weight is 191 g/mol. The molecule has 0 aromatic carbocycles. The normalized spacial score (nSPS) is 17.8. The maximum absolute atomic E-state index is 10.4. The van der Waals surface area contributed by atoms with Gasteiger partial charge in [0.1, 0.15) is 0 Å². The lowest BCUT2D eigenvalue weighted by atomic mass is 10.1. The minimum atomic E-state index is -1.71. The van der Waals surface area contributed by atoms with E-state index in [0.29, 0.717) is 6.54 Å². The molecule has 5 nitrogen and oxygen atoms in total. The lowest BCUT2D eigenvalue weighted by Gasteiger charge is -2.19. The van der Waals surface area contributed by atoms with Gasteiger partial charge in [0.05, 0.1) is 6.10 Å². The Kier molecular flexibility index (Phi) is 4.90. The molecule has 13 heavy (non-hydrogen) atoms. The Labute approximate surface area is 77.7 Å². The maximum Gasteiger partial charge on any atom is 0.336 e. The van der Waals surface area contributed by atoms with E-state index in [0.717, 1.165) is 0 Å². The van der Waals surface area contributed by atoms with Gasteiger partial charge in [-0.3, -0.25) is 0 Å². The summed E-state index contributed by atoms with van der Waals surface area (Å²) in [4.78, 5) is 10.4. The molecular weight excluding hydrogens is 174 g/mol. The van der Waals surface area contributed by atoms with Gasteiger partial charge in [0, 0.05) is 20.2 Å². The second-order valence-electron chi connectivity index (χ2n) is 3.26. The van der Waals surface area contributed by atoms with Crippen molar-refractivity contribution < 1.29 is 19.7 Å². The van der Waals surface area contributed by atoms with Crippen molar-refractivity contribution in [1.29, 1.82) is 0 Å². The fraction of sp³-hybridized carbons (Fsp3) is 0.875. The van der Waals surface area contributed by atoms with Crippen LogP contribution in [0.2, 0.25) is 0 Å². The third kappa shape index (κ3) is 4.82. The lowest BCUT2D eigenvalue weighted by Crippen LogP contribution is -2.46. The fourth-order valence-electron chi connectivity index (χ4n) is 0.678. The van der Waals surface area contributed by atoms with Crippen LogP contribution in [0.25, 0.3) is 0 Å². The van der Waals surface area contributed by atoms with Crippen molar-refractivity contribution >= 4 is 5.97 Å². The molecule has 0 aliphatic carbocycles. The second kappa shape index (κ2) is 5.16. The fourth-order valence-corrected chi connectivity index (χ4v) is 0.678. The van der Waals surface area contributed by atoms with Crippen LogP contribution in [-0.4, -0.2) is 48.1 Å². The molecule has 0 aromatic rings. The van der Waals surface area contributed by atoms with Gasteiger partial charge >= 0.3 is 5.97 Å². The van der Waals surface area contributed by atoms with Crippen molar-refractivity contribution in [3.8, 4) is 0 Å². The number of hydrogen-bond acceptors (Lipinski definition) is 4. The van der Waals surface area contributed by atoms with E-state index in [4.69, 9.17) is 9.84 Å². The highest BCUT2D eigenvalue weighted by molar-refractivity contribution is 5.76. The van der Waals surface area contributed by atoms with Gasteiger partial charge in [0.15, 0.2) is 5.60 Å². The van der Waals surface area contributed by atoms with Gasteiger partial charge in [-0.2, -0.15) is 0 Å². The number of nitrogens with one attached hydrogen (secondary N) is 1. The van der Waals surface area contributed by atoms with Crippen LogP contribution < -0.4 is 5.32 Å². The van der Waals surface area contributed by atoms with Gasteiger partial charge < -0.3 is 20.3 Å². The first-order valence-electron chi connectivity index (χ1n) is 4.09. The quantitative estimate of drug-likeness (QED) is 0.525. The van der Waals surface area contributed by atoms with E-state index in [9.17, 15) is 9.90 Å². The Hall–Kier alpha value is -0.650. The first kappa shape index (κ1) is 12.3. The molecule has 0 radical (unpaired) electrons. The zero-order chi connectivity index (χ0) is 10.5. The Bertz CT molecular complexity index is 170. The SMILES string of the molecule is COC(C)CNCC(C)(O)C(=O)O. The zero-order valence-electron chi connectivity index (χ0n) is 8.20. The smallest absolute Gasteiger partial charge is 0.336 e. The summed E-state index contributed by atoms with van der Waals surface area (Å²) in [6, 6.07) is 0. The van der Waals surface area contributed by atoms with Crippen LogP contribution in [-0.2, 0) is 9.53 Å². The van der Waals surface area contributed by atoms with E-state index in [2.05, 4.69) is 5.32 Å². The number of hydrogen-bond donors (Lipinski definition) is 3. The summed E-state index contributed by atoms with van der Waals surface area (Å²) in [6.45, 7) is 3.62. The van der Waals surface area contributed by atoms with Gasteiger partial charge in [-0.25, -0.2) is 4.79 Å². The molecule has 0 bridgehead atoms. The van der Waals surface area contributed by atoms with Crippen molar-refractivity contribution in [1.82, 2.24) is 5.32 Å². The van der Waals surface area contributed by atoms with Crippen LogP contribution in [0, 0.1) is 0 Å². The van der Waals surface area contributed by atoms with E-state index >= 15 is 0 Å². The number of rotatable bonds is 6. The summed E-state index contributed by atoms with van der Waals surface area (Å²) in [5.74, 6) is -1.23. The van der Waals surface area contributed by atoms with Gasteiger partial charge in [-0.1, -0.05) is 0 Å². The standard InChI is InChI=1S/C8H17NO4/c1-6(13-3)4-9-5-8(2,12)7(10)11/h6,9,12H,4-5H2,1-3H3,(H,10,11). The van der Waals surface area contributed by atoms with Crippen LogP contribution in [0.5, 0.6) is 0 Å². The topological polar surface area (TPSA) is 78.8 Å². The van der Waals surface area contributed by atoms with Crippen molar-refractivity contribution in [2.24, 2.45) is 0 Å². The lowest BCUT2D eigenvalue weighted by molar-refractivity contribution is -0.156. The van der Waals surface area contributed by atoms with E-state index in [1.807, 2.05) is 6.92 Å². The third-order valence-electron chi connectivity index (χ3n) is 1.76. The van der Waals surface area contributed by atoms with E-state index in [-0.39, 0.29) is 12.6 Å². The van der Waals surface area contributed by atoms with E-state index < -0.39 is 11.6 Å². The van der Waals surface area contributed by atoms with Gasteiger partial charge in [-0.05, 0) is 13.8 Å². The highest BCUT2D eigenvalue weighted by atomic mass is 16.5. The number of carbonyl (C=O) groups is 1. The number of methoxy groups -OCH3 is 1.